The normalized spacial score (nSPS) is 12.4. The molecule has 0 bridgehead atoms. The lowest BCUT2D eigenvalue weighted by Crippen LogP contribution is -2.38. The molecule has 6 nitrogen and oxygen atoms in total. The summed E-state index contributed by atoms with van der Waals surface area (Å²) in [6, 6.07) is 9.19. The van der Waals surface area contributed by atoms with Crippen LogP contribution in [0.25, 0.3) is 0 Å². The molecule has 2 aromatic rings. The monoisotopic (exact) mass is 336 g/mol. The van der Waals surface area contributed by atoms with Gasteiger partial charge >= 0.3 is 0 Å². The molecule has 0 aliphatic heterocycles. The Hall–Kier alpha value is -1.89. The number of aliphatic hydroxyl groups excluding tert-OH is 1. The Bertz CT molecular complexity index is 659. The number of hydrogen-bond donors (Lipinski definition) is 2. The highest BCUT2D eigenvalue weighted by atomic mass is 35.5. The van der Waals surface area contributed by atoms with E-state index in [4.69, 9.17) is 16.7 Å². The molecule has 124 valence electrons. The Balaban J connectivity index is 2.01. The van der Waals surface area contributed by atoms with Crippen molar-refractivity contribution in [1.29, 1.82) is 0 Å². The predicted octanol–water partition coefficient (Wildman–Crippen LogP) is 1.84. The first-order chi connectivity index (χ1) is 11.0. The molecule has 2 N–H and O–H groups in total. The van der Waals surface area contributed by atoms with Crippen molar-refractivity contribution in [2.24, 2.45) is 0 Å². The number of nitrogens with zero attached hydrogens (tertiary/aromatic N) is 3. The van der Waals surface area contributed by atoms with Gasteiger partial charge in [-0.15, -0.1) is 0 Å². The Labute approximate surface area is 140 Å². The maximum atomic E-state index is 12.1. The number of likely N-dealkylation sites (N-methyl/N-ethyl adjacent to an activating group) is 1. The predicted molar refractivity (Wildman–Crippen MR) is 90.6 cm³/mol. The van der Waals surface area contributed by atoms with Gasteiger partial charge in [0.2, 0.25) is 5.91 Å². The molecule has 1 amide bonds. The van der Waals surface area contributed by atoms with E-state index < -0.39 is 0 Å². The number of rotatable bonds is 7. The Morgan fingerprint density at radius 3 is 2.87 bits per heavy atom. The third-order valence-electron chi connectivity index (χ3n) is 3.67. The van der Waals surface area contributed by atoms with Crippen molar-refractivity contribution < 1.29 is 9.90 Å². The van der Waals surface area contributed by atoms with Gasteiger partial charge in [0.15, 0.2) is 0 Å². The van der Waals surface area contributed by atoms with Crippen molar-refractivity contribution in [3.63, 3.8) is 0 Å². The topological polar surface area (TPSA) is 70.4 Å². The minimum absolute atomic E-state index is 0.00815. The number of carbonyl (C=O) groups excluding carboxylic acids is 1. The van der Waals surface area contributed by atoms with E-state index in [1.807, 2.05) is 31.2 Å². The molecule has 0 saturated carbocycles. The van der Waals surface area contributed by atoms with Gasteiger partial charge in [-0.2, -0.15) is 5.10 Å². The van der Waals surface area contributed by atoms with Crippen LogP contribution in [0.15, 0.2) is 36.5 Å². The molecule has 1 atom stereocenters. The van der Waals surface area contributed by atoms with Gasteiger partial charge in [0.1, 0.15) is 5.82 Å². The second kappa shape index (κ2) is 8.10. The standard InChI is InChI=1S/C16H21ClN4O2/c1-12(11-22)20(2)10-16(23)19-15-7-8-18-21(15)9-13-5-3-4-6-14(13)17/h3-8,12,22H,9-11H2,1-2H3,(H,19,23). The van der Waals surface area contributed by atoms with Gasteiger partial charge in [0.25, 0.3) is 0 Å². The van der Waals surface area contributed by atoms with Gasteiger partial charge in [0, 0.05) is 17.1 Å². The number of aromatic nitrogens is 2. The van der Waals surface area contributed by atoms with Gasteiger partial charge in [-0.3, -0.25) is 9.69 Å². The van der Waals surface area contributed by atoms with E-state index in [0.29, 0.717) is 17.4 Å². The van der Waals surface area contributed by atoms with Crippen molar-refractivity contribution >= 4 is 23.3 Å². The first-order valence-corrected chi connectivity index (χ1v) is 7.75. The van der Waals surface area contributed by atoms with Crippen LogP contribution >= 0.6 is 11.6 Å². The number of amides is 1. The summed E-state index contributed by atoms with van der Waals surface area (Å²) < 4.78 is 1.69. The summed E-state index contributed by atoms with van der Waals surface area (Å²) in [6.07, 6.45) is 1.63. The minimum atomic E-state index is -0.159. The van der Waals surface area contributed by atoms with Crippen molar-refractivity contribution in [2.45, 2.75) is 19.5 Å². The zero-order chi connectivity index (χ0) is 16.8. The smallest absolute Gasteiger partial charge is 0.239 e. The van der Waals surface area contributed by atoms with Crippen molar-refractivity contribution in [3.8, 4) is 0 Å². The van der Waals surface area contributed by atoms with Crippen molar-refractivity contribution in [2.75, 3.05) is 25.5 Å². The fourth-order valence-electron chi connectivity index (χ4n) is 2.06. The number of aliphatic hydroxyl groups is 1. The molecule has 1 heterocycles. The van der Waals surface area contributed by atoms with Gasteiger partial charge in [-0.25, -0.2) is 4.68 Å². The van der Waals surface area contributed by atoms with E-state index >= 15 is 0 Å². The third kappa shape index (κ3) is 4.79. The second-order valence-electron chi connectivity index (χ2n) is 5.46. The van der Waals surface area contributed by atoms with E-state index in [1.165, 1.54) is 0 Å². The summed E-state index contributed by atoms with van der Waals surface area (Å²) in [7, 11) is 1.79. The van der Waals surface area contributed by atoms with Gasteiger partial charge in [0.05, 0.1) is 25.9 Å². The van der Waals surface area contributed by atoms with Crippen LogP contribution in [-0.4, -0.2) is 51.9 Å². The number of benzene rings is 1. The third-order valence-corrected chi connectivity index (χ3v) is 4.04. The zero-order valence-electron chi connectivity index (χ0n) is 13.2. The highest BCUT2D eigenvalue weighted by Crippen LogP contribution is 2.18. The quantitative estimate of drug-likeness (QED) is 0.809. The van der Waals surface area contributed by atoms with Crippen LogP contribution in [-0.2, 0) is 11.3 Å². The van der Waals surface area contributed by atoms with E-state index in [2.05, 4.69) is 10.4 Å². The maximum Gasteiger partial charge on any atom is 0.239 e. The Morgan fingerprint density at radius 2 is 2.17 bits per heavy atom. The number of hydrogen-bond acceptors (Lipinski definition) is 4. The molecule has 0 aliphatic rings. The van der Waals surface area contributed by atoms with Crippen molar-refractivity contribution in [1.82, 2.24) is 14.7 Å². The number of nitrogens with one attached hydrogen (secondary N) is 1. The van der Waals surface area contributed by atoms with Crippen LogP contribution in [0.5, 0.6) is 0 Å². The van der Waals surface area contributed by atoms with Crippen LogP contribution < -0.4 is 5.32 Å². The van der Waals surface area contributed by atoms with Crippen LogP contribution in [0.1, 0.15) is 12.5 Å². The molecule has 1 aromatic carbocycles. The van der Waals surface area contributed by atoms with Gasteiger partial charge in [-0.05, 0) is 25.6 Å². The highest BCUT2D eigenvalue weighted by Gasteiger charge is 2.14. The fourth-order valence-corrected chi connectivity index (χ4v) is 2.25. The zero-order valence-corrected chi connectivity index (χ0v) is 14.0. The van der Waals surface area contributed by atoms with Crippen molar-refractivity contribution in [3.05, 3.63) is 47.1 Å². The molecule has 0 saturated heterocycles. The van der Waals surface area contributed by atoms with Crippen LogP contribution in [0.2, 0.25) is 5.02 Å². The molecule has 0 fully saturated rings. The maximum absolute atomic E-state index is 12.1. The molecular weight excluding hydrogens is 316 g/mol. The Kier molecular flexibility index (Phi) is 6.15. The lowest BCUT2D eigenvalue weighted by molar-refractivity contribution is -0.117. The lowest BCUT2D eigenvalue weighted by atomic mass is 10.2. The van der Waals surface area contributed by atoms with Crippen LogP contribution in [0.3, 0.4) is 0 Å². The molecule has 0 aliphatic carbocycles. The largest absolute Gasteiger partial charge is 0.395 e. The average molecular weight is 337 g/mol. The number of anilines is 1. The highest BCUT2D eigenvalue weighted by molar-refractivity contribution is 6.31. The molecule has 2 rings (SSSR count). The van der Waals surface area contributed by atoms with Gasteiger partial charge in [-0.1, -0.05) is 29.8 Å². The summed E-state index contributed by atoms with van der Waals surface area (Å²) in [5, 5.41) is 16.8. The minimum Gasteiger partial charge on any atom is -0.395 e. The molecule has 7 heteroatoms. The summed E-state index contributed by atoms with van der Waals surface area (Å²) in [4.78, 5) is 13.9. The van der Waals surface area contributed by atoms with Gasteiger partial charge < -0.3 is 10.4 Å². The first-order valence-electron chi connectivity index (χ1n) is 7.37. The van der Waals surface area contributed by atoms with E-state index in [9.17, 15) is 4.79 Å². The van der Waals surface area contributed by atoms with E-state index in [1.54, 1.807) is 28.9 Å². The molecule has 23 heavy (non-hydrogen) atoms. The van der Waals surface area contributed by atoms with E-state index in [-0.39, 0.29) is 25.1 Å². The lowest BCUT2D eigenvalue weighted by Gasteiger charge is -2.22. The number of halogens is 1. The summed E-state index contributed by atoms with van der Waals surface area (Å²) in [5.41, 5.74) is 0.930. The summed E-state index contributed by atoms with van der Waals surface area (Å²) in [6.45, 7) is 2.54. The van der Waals surface area contributed by atoms with Crippen LogP contribution in [0.4, 0.5) is 5.82 Å². The summed E-state index contributed by atoms with van der Waals surface area (Å²) >= 11 is 6.16. The second-order valence-corrected chi connectivity index (χ2v) is 5.87. The SMILES string of the molecule is CC(CO)N(C)CC(=O)Nc1ccnn1Cc1ccccc1Cl. The number of carbonyl (C=O) groups is 1. The average Bonchev–Trinajstić information content (AvgIpc) is 2.95. The molecule has 0 radical (unpaired) electrons. The molecule has 1 aromatic heterocycles. The molecule has 0 spiro atoms. The fraction of sp³-hybridized carbons (Fsp3) is 0.375. The van der Waals surface area contributed by atoms with Crippen LogP contribution in [0, 0.1) is 0 Å². The first kappa shape index (κ1) is 17.5. The molecular formula is C16H21ClN4O2. The van der Waals surface area contributed by atoms with E-state index in [0.717, 1.165) is 5.56 Å². The Morgan fingerprint density at radius 1 is 1.43 bits per heavy atom. The summed E-state index contributed by atoms with van der Waals surface area (Å²) in [5.74, 6) is 0.452. The molecule has 1 unspecified atom stereocenters.